The summed E-state index contributed by atoms with van der Waals surface area (Å²) in [5, 5.41) is 10.2. The molecule has 1 aliphatic heterocycles. The molecule has 3 rings (SSSR count). The summed E-state index contributed by atoms with van der Waals surface area (Å²) in [6, 6.07) is 10.2. The van der Waals surface area contributed by atoms with Crippen LogP contribution in [-0.4, -0.2) is 27.6 Å². The number of hydrogen-bond acceptors (Lipinski definition) is 3. The smallest absolute Gasteiger partial charge is 0.315 e. The van der Waals surface area contributed by atoms with Crippen molar-refractivity contribution >= 4 is 17.8 Å². The monoisotopic (exact) mass is 316 g/mol. The Morgan fingerprint density at radius 1 is 1.45 bits per heavy atom. The summed E-state index contributed by atoms with van der Waals surface area (Å²) in [6.45, 7) is 2.64. The van der Waals surface area contributed by atoms with Crippen LogP contribution in [0.15, 0.2) is 47.6 Å². The van der Waals surface area contributed by atoms with Crippen molar-refractivity contribution < 1.29 is 4.79 Å². The number of aromatic nitrogens is 2. The fraction of sp³-hybridized carbons (Fsp3) is 0.375. The van der Waals surface area contributed by atoms with Crippen LogP contribution >= 0.6 is 11.8 Å². The van der Waals surface area contributed by atoms with E-state index in [1.807, 2.05) is 47.8 Å². The van der Waals surface area contributed by atoms with Gasteiger partial charge < -0.3 is 10.6 Å². The first-order chi connectivity index (χ1) is 10.7. The first kappa shape index (κ1) is 15.0. The van der Waals surface area contributed by atoms with Crippen LogP contribution in [0.4, 0.5) is 4.79 Å². The highest BCUT2D eigenvalue weighted by molar-refractivity contribution is 7.99. The molecule has 5 nitrogen and oxygen atoms in total. The van der Waals surface area contributed by atoms with Crippen LogP contribution in [0.2, 0.25) is 0 Å². The minimum absolute atomic E-state index is 0.0214. The fourth-order valence-electron chi connectivity index (χ4n) is 2.65. The van der Waals surface area contributed by atoms with E-state index < -0.39 is 0 Å². The summed E-state index contributed by atoms with van der Waals surface area (Å²) in [7, 11) is 0. The molecule has 2 heterocycles. The lowest BCUT2D eigenvalue weighted by atomic mass is 10.0. The van der Waals surface area contributed by atoms with E-state index in [9.17, 15) is 4.79 Å². The van der Waals surface area contributed by atoms with E-state index in [0.29, 0.717) is 6.54 Å². The number of urea groups is 1. The van der Waals surface area contributed by atoms with Crippen LogP contribution in [0.25, 0.3) is 0 Å². The molecule has 0 saturated carbocycles. The van der Waals surface area contributed by atoms with Crippen LogP contribution < -0.4 is 10.6 Å². The number of benzene rings is 1. The number of carbonyl (C=O) groups is 1. The molecule has 0 radical (unpaired) electrons. The Labute approximate surface area is 134 Å². The van der Waals surface area contributed by atoms with Crippen molar-refractivity contribution in [2.24, 2.45) is 0 Å². The van der Waals surface area contributed by atoms with E-state index in [0.717, 1.165) is 12.2 Å². The van der Waals surface area contributed by atoms with Gasteiger partial charge in [-0.15, -0.1) is 11.8 Å². The molecule has 0 bridgehead atoms. The molecule has 0 spiro atoms. The molecule has 0 aliphatic carbocycles. The van der Waals surface area contributed by atoms with E-state index in [4.69, 9.17) is 0 Å². The summed E-state index contributed by atoms with van der Waals surface area (Å²) >= 11 is 1.85. The third-order valence-electron chi connectivity index (χ3n) is 3.66. The lowest BCUT2D eigenvalue weighted by molar-refractivity contribution is 0.231. The van der Waals surface area contributed by atoms with E-state index >= 15 is 0 Å². The first-order valence-corrected chi connectivity index (χ1v) is 8.47. The summed E-state index contributed by atoms with van der Waals surface area (Å²) in [5.74, 6) is 1.03. The van der Waals surface area contributed by atoms with Crippen LogP contribution in [0.5, 0.6) is 0 Å². The second-order valence-corrected chi connectivity index (χ2v) is 6.61. The molecule has 116 valence electrons. The number of thioether (sulfide) groups is 1. The zero-order valence-corrected chi connectivity index (χ0v) is 13.3. The molecule has 22 heavy (non-hydrogen) atoms. The lowest BCUT2D eigenvalue weighted by Gasteiger charge is -2.26. The van der Waals surface area contributed by atoms with Crippen molar-refractivity contribution in [3.8, 4) is 0 Å². The van der Waals surface area contributed by atoms with Gasteiger partial charge in [0.1, 0.15) is 0 Å². The number of carbonyl (C=O) groups excluding carboxylic acids is 1. The molecule has 2 atom stereocenters. The molecule has 0 fully saturated rings. The highest BCUT2D eigenvalue weighted by Crippen LogP contribution is 2.35. The van der Waals surface area contributed by atoms with Gasteiger partial charge in [0, 0.05) is 29.1 Å². The molecule has 1 aromatic carbocycles. The van der Waals surface area contributed by atoms with Crippen LogP contribution in [0, 0.1) is 0 Å². The molecule has 2 N–H and O–H groups in total. The van der Waals surface area contributed by atoms with Gasteiger partial charge in [-0.25, -0.2) is 4.79 Å². The Kier molecular flexibility index (Phi) is 4.68. The topological polar surface area (TPSA) is 59.0 Å². The van der Waals surface area contributed by atoms with Crippen molar-refractivity contribution in [2.45, 2.75) is 36.9 Å². The third kappa shape index (κ3) is 3.62. The summed E-state index contributed by atoms with van der Waals surface area (Å²) in [4.78, 5) is 13.5. The number of nitrogens with one attached hydrogen (secondary N) is 2. The van der Waals surface area contributed by atoms with Crippen molar-refractivity contribution in [3.63, 3.8) is 0 Å². The summed E-state index contributed by atoms with van der Waals surface area (Å²) in [5.41, 5.74) is 1.22. The molecular weight excluding hydrogens is 296 g/mol. The number of fused-ring (bicyclic) bond motifs is 1. The number of hydrogen-bond donors (Lipinski definition) is 2. The maximum atomic E-state index is 12.2. The Morgan fingerprint density at radius 2 is 2.32 bits per heavy atom. The van der Waals surface area contributed by atoms with Gasteiger partial charge in [-0.2, -0.15) is 5.10 Å². The zero-order chi connectivity index (χ0) is 15.4. The number of rotatable bonds is 4. The summed E-state index contributed by atoms with van der Waals surface area (Å²) < 4.78 is 1.82. The molecule has 2 amide bonds. The average molecular weight is 316 g/mol. The number of amides is 2. The quantitative estimate of drug-likeness (QED) is 0.912. The van der Waals surface area contributed by atoms with Gasteiger partial charge in [0.15, 0.2) is 0 Å². The van der Waals surface area contributed by atoms with Gasteiger partial charge in [-0.3, -0.25) is 4.68 Å². The van der Waals surface area contributed by atoms with Crippen LogP contribution in [-0.2, 0) is 6.54 Å². The molecule has 6 heteroatoms. The van der Waals surface area contributed by atoms with E-state index in [-0.39, 0.29) is 18.1 Å². The predicted octanol–water partition coefficient (Wildman–Crippen LogP) is 2.81. The third-order valence-corrected chi connectivity index (χ3v) is 4.78. The Hall–Kier alpha value is -1.95. The second-order valence-electron chi connectivity index (χ2n) is 5.47. The highest BCUT2D eigenvalue weighted by Gasteiger charge is 2.22. The van der Waals surface area contributed by atoms with E-state index in [1.165, 1.54) is 10.5 Å². The van der Waals surface area contributed by atoms with Gasteiger partial charge in [0.25, 0.3) is 0 Å². The van der Waals surface area contributed by atoms with Crippen molar-refractivity contribution in [2.75, 3.05) is 5.75 Å². The molecule has 1 aliphatic rings. The largest absolute Gasteiger partial charge is 0.334 e. The zero-order valence-electron chi connectivity index (χ0n) is 12.5. The maximum Gasteiger partial charge on any atom is 0.315 e. The lowest BCUT2D eigenvalue weighted by Crippen LogP contribution is -2.44. The minimum Gasteiger partial charge on any atom is -0.334 e. The van der Waals surface area contributed by atoms with Gasteiger partial charge in [-0.05, 0) is 31.0 Å². The van der Waals surface area contributed by atoms with Crippen molar-refractivity contribution in [3.05, 3.63) is 48.3 Å². The van der Waals surface area contributed by atoms with E-state index in [2.05, 4.69) is 27.9 Å². The van der Waals surface area contributed by atoms with Crippen molar-refractivity contribution in [1.82, 2.24) is 20.4 Å². The highest BCUT2D eigenvalue weighted by atomic mass is 32.2. The average Bonchev–Trinajstić information content (AvgIpc) is 3.00. The fourth-order valence-corrected chi connectivity index (χ4v) is 3.78. The van der Waals surface area contributed by atoms with E-state index in [1.54, 1.807) is 6.20 Å². The Morgan fingerprint density at radius 3 is 3.14 bits per heavy atom. The van der Waals surface area contributed by atoms with Crippen LogP contribution in [0.3, 0.4) is 0 Å². The van der Waals surface area contributed by atoms with Gasteiger partial charge in [0.05, 0.1) is 12.6 Å². The molecule has 2 aromatic rings. The standard InChI is InChI=1S/C16H20N4OS/c1-12(11-20-9-4-8-17-20)18-16(21)19-14-7-10-22-15-6-3-2-5-13(14)15/h2-6,8-9,12,14H,7,10-11H2,1H3,(H2,18,19,21)/t12-,14-/m0/s1. The normalized spacial score (nSPS) is 18.3. The predicted molar refractivity (Wildman–Crippen MR) is 87.9 cm³/mol. The van der Waals surface area contributed by atoms with Gasteiger partial charge in [-0.1, -0.05) is 18.2 Å². The van der Waals surface area contributed by atoms with Gasteiger partial charge in [0.2, 0.25) is 0 Å². The van der Waals surface area contributed by atoms with Crippen LogP contribution in [0.1, 0.15) is 24.9 Å². The maximum absolute atomic E-state index is 12.2. The minimum atomic E-state index is -0.119. The van der Waals surface area contributed by atoms with Gasteiger partial charge >= 0.3 is 6.03 Å². The molecule has 0 unspecified atom stereocenters. The molecule has 0 saturated heterocycles. The Balaban J connectivity index is 1.56. The van der Waals surface area contributed by atoms with Crippen molar-refractivity contribution in [1.29, 1.82) is 0 Å². The molecular formula is C16H20N4OS. The Bertz CT molecular complexity index is 629. The number of nitrogens with zero attached hydrogens (tertiary/aromatic N) is 2. The molecule has 1 aromatic heterocycles. The summed E-state index contributed by atoms with van der Waals surface area (Å²) in [6.07, 6.45) is 4.59. The second kappa shape index (κ2) is 6.87. The first-order valence-electron chi connectivity index (χ1n) is 7.48. The SMILES string of the molecule is C[C@@H](Cn1cccn1)NC(=O)N[C@H]1CCSc2ccccc21.